The molecular weight excluding hydrogens is 268 g/mol. The Bertz CT molecular complexity index is 506. The van der Waals surface area contributed by atoms with Crippen molar-refractivity contribution < 1.29 is 14.3 Å². The highest BCUT2D eigenvalue weighted by Crippen LogP contribution is 2.17. The van der Waals surface area contributed by atoms with Gasteiger partial charge in [0.1, 0.15) is 6.10 Å². The lowest BCUT2D eigenvalue weighted by Crippen LogP contribution is -2.30. The van der Waals surface area contributed by atoms with Crippen LogP contribution in [0.15, 0.2) is 24.3 Å². The number of rotatable bonds is 5. The molecule has 1 aromatic rings. The van der Waals surface area contributed by atoms with Crippen molar-refractivity contribution in [1.82, 2.24) is 4.90 Å². The summed E-state index contributed by atoms with van der Waals surface area (Å²) in [5.41, 5.74) is 1.22. The van der Waals surface area contributed by atoms with E-state index in [0.29, 0.717) is 30.9 Å². The second-order valence-electron chi connectivity index (χ2n) is 5.05. The first-order valence-electron chi connectivity index (χ1n) is 7.47. The number of hydrogen-bond acceptors (Lipinski definition) is 3. The summed E-state index contributed by atoms with van der Waals surface area (Å²) < 4.78 is 5.35. The van der Waals surface area contributed by atoms with Crippen LogP contribution < -0.4 is 5.32 Å². The maximum atomic E-state index is 12.3. The third kappa shape index (κ3) is 3.82. The van der Waals surface area contributed by atoms with Crippen LogP contribution in [0.1, 0.15) is 37.0 Å². The Morgan fingerprint density at radius 2 is 2.10 bits per heavy atom. The summed E-state index contributed by atoms with van der Waals surface area (Å²) >= 11 is 0. The van der Waals surface area contributed by atoms with Crippen molar-refractivity contribution in [3.63, 3.8) is 0 Å². The lowest BCUT2D eigenvalue weighted by atomic mass is 10.1. The van der Waals surface area contributed by atoms with Gasteiger partial charge in [0.05, 0.1) is 0 Å². The molecule has 114 valence electrons. The second kappa shape index (κ2) is 7.22. The lowest BCUT2D eigenvalue weighted by Gasteiger charge is -2.19. The van der Waals surface area contributed by atoms with Crippen molar-refractivity contribution in [2.75, 3.05) is 25.0 Å². The summed E-state index contributed by atoms with van der Waals surface area (Å²) in [6.07, 6.45) is 1.30. The van der Waals surface area contributed by atoms with E-state index < -0.39 is 0 Å². The molecule has 5 nitrogen and oxygen atoms in total. The van der Waals surface area contributed by atoms with Gasteiger partial charge in [-0.05, 0) is 44.9 Å². The fourth-order valence-electron chi connectivity index (χ4n) is 2.43. The predicted octanol–water partition coefficient (Wildman–Crippen LogP) is 2.29. The standard InChI is InChI=1S/C16H22N2O3/c1-3-18(4-2)16(20)12-7-5-8-13(11-12)17-15(19)14-9-6-10-21-14/h5,7-8,11,14H,3-4,6,9-10H2,1-2H3,(H,17,19). The van der Waals surface area contributed by atoms with Crippen LogP contribution in [0.4, 0.5) is 5.69 Å². The SMILES string of the molecule is CCN(CC)C(=O)c1cccc(NC(=O)C2CCCO2)c1. The highest BCUT2D eigenvalue weighted by atomic mass is 16.5. The Labute approximate surface area is 125 Å². The molecule has 1 unspecified atom stereocenters. The minimum absolute atomic E-state index is 0.0202. The quantitative estimate of drug-likeness (QED) is 0.905. The van der Waals surface area contributed by atoms with Crippen LogP contribution >= 0.6 is 0 Å². The van der Waals surface area contributed by atoms with Gasteiger partial charge in [-0.25, -0.2) is 0 Å². The smallest absolute Gasteiger partial charge is 0.253 e. The van der Waals surface area contributed by atoms with Gasteiger partial charge in [0.15, 0.2) is 0 Å². The number of hydrogen-bond donors (Lipinski definition) is 1. The Balaban J connectivity index is 2.06. The maximum Gasteiger partial charge on any atom is 0.253 e. The Morgan fingerprint density at radius 3 is 2.71 bits per heavy atom. The molecule has 1 N–H and O–H groups in total. The first-order valence-corrected chi connectivity index (χ1v) is 7.47. The summed E-state index contributed by atoms with van der Waals surface area (Å²) in [4.78, 5) is 26.1. The van der Waals surface area contributed by atoms with E-state index in [1.807, 2.05) is 13.8 Å². The van der Waals surface area contributed by atoms with Crippen molar-refractivity contribution in [2.24, 2.45) is 0 Å². The highest BCUT2D eigenvalue weighted by Gasteiger charge is 2.23. The summed E-state index contributed by atoms with van der Waals surface area (Å²) in [5, 5.41) is 2.82. The van der Waals surface area contributed by atoms with E-state index >= 15 is 0 Å². The van der Waals surface area contributed by atoms with Crippen LogP contribution in [0.2, 0.25) is 0 Å². The van der Waals surface area contributed by atoms with Gasteiger partial charge in [-0.2, -0.15) is 0 Å². The van der Waals surface area contributed by atoms with Crippen molar-refractivity contribution in [3.05, 3.63) is 29.8 Å². The molecular formula is C16H22N2O3. The fourth-order valence-corrected chi connectivity index (χ4v) is 2.43. The Kier molecular flexibility index (Phi) is 5.33. The monoisotopic (exact) mass is 290 g/mol. The van der Waals surface area contributed by atoms with E-state index in [1.165, 1.54) is 0 Å². The summed E-state index contributed by atoms with van der Waals surface area (Å²) in [7, 11) is 0. The Hall–Kier alpha value is -1.88. The predicted molar refractivity (Wildman–Crippen MR) is 81.3 cm³/mol. The van der Waals surface area contributed by atoms with E-state index in [9.17, 15) is 9.59 Å². The van der Waals surface area contributed by atoms with Crippen LogP contribution in [0.5, 0.6) is 0 Å². The second-order valence-corrected chi connectivity index (χ2v) is 5.05. The number of anilines is 1. The minimum Gasteiger partial charge on any atom is -0.368 e. The van der Waals surface area contributed by atoms with Crippen LogP contribution in [-0.4, -0.2) is 42.5 Å². The number of benzene rings is 1. The number of amides is 2. The zero-order chi connectivity index (χ0) is 15.2. The molecule has 1 atom stereocenters. The average molecular weight is 290 g/mol. The van der Waals surface area contributed by atoms with E-state index in [4.69, 9.17) is 4.74 Å². The maximum absolute atomic E-state index is 12.3. The lowest BCUT2D eigenvalue weighted by molar-refractivity contribution is -0.124. The van der Waals surface area contributed by atoms with E-state index in [1.54, 1.807) is 29.2 Å². The largest absolute Gasteiger partial charge is 0.368 e. The molecule has 1 saturated heterocycles. The average Bonchev–Trinajstić information content (AvgIpc) is 3.03. The molecule has 2 rings (SSSR count). The first-order chi connectivity index (χ1) is 10.2. The fraction of sp³-hybridized carbons (Fsp3) is 0.500. The molecule has 21 heavy (non-hydrogen) atoms. The molecule has 0 spiro atoms. The molecule has 0 bridgehead atoms. The van der Waals surface area contributed by atoms with Crippen LogP contribution in [0.3, 0.4) is 0 Å². The van der Waals surface area contributed by atoms with Crippen LogP contribution in [0.25, 0.3) is 0 Å². The molecule has 5 heteroatoms. The first kappa shape index (κ1) is 15.5. The molecule has 0 aromatic heterocycles. The van der Waals surface area contributed by atoms with E-state index in [0.717, 1.165) is 12.8 Å². The van der Waals surface area contributed by atoms with Crippen molar-refractivity contribution in [2.45, 2.75) is 32.8 Å². The van der Waals surface area contributed by atoms with Crippen molar-refractivity contribution >= 4 is 17.5 Å². The van der Waals surface area contributed by atoms with Crippen LogP contribution in [0, 0.1) is 0 Å². The number of nitrogens with one attached hydrogen (secondary N) is 1. The number of carbonyl (C=O) groups is 2. The van der Waals surface area contributed by atoms with E-state index in [2.05, 4.69) is 5.32 Å². The third-order valence-corrected chi connectivity index (χ3v) is 3.65. The zero-order valence-corrected chi connectivity index (χ0v) is 12.6. The summed E-state index contributed by atoms with van der Waals surface area (Å²) in [6, 6.07) is 7.05. The van der Waals surface area contributed by atoms with Crippen LogP contribution in [-0.2, 0) is 9.53 Å². The number of carbonyl (C=O) groups excluding carboxylic acids is 2. The van der Waals surface area contributed by atoms with Gasteiger partial charge in [0.2, 0.25) is 0 Å². The van der Waals surface area contributed by atoms with Gasteiger partial charge in [0, 0.05) is 30.9 Å². The normalized spacial score (nSPS) is 17.5. The summed E-state index contributed by atoms with van der Waals surface area (Å²) in [6.45, 7) is 5.87. The molecule has 1 heterocycles. The van der Waals surface area contributed by atoms with Crippen molar-refractivity contribution in [3.8, 4) is 0 Å². The number of nitrogens with zero attached hydrogens (tertiary/aromatic N) is 1. The molecule has 1 aromatic carbocycles. The number of ether oxygens (including phenoxy) is 1. The van der Waals surface area contributed by atoms with Gasteiger partial charge in [-0.15, -0.1) is 0 Å². The van der Waals surface area contributed by atoms with Gasteiger partial charge in [0.25, 0.3) is 11.8 Å². The van der Waals surface area contributed by atoms with Gasteiger partial charge in [-0.3, -0.25) is 9.59 Å². The molecule has 1 aliphatic heterocycles. The Morgan fingerprint density at radius 1 is 1.33 bits per heavy atom. The molecule has 0 aliphatic carbocycles. The minimum atomic E-state index is -0.368. The molecule has 2 amide bonds. The molecule has 0 radical (unpaired) electrons. The zero-order valence-electron chi connectivity index (χ0n) is 12.6. The van der Waals surface area contributed by atoms with Gasteiger partial charge >= 0.3 is 0 Å². The topological polar surface area (TPSA) is 58.6 Å². The van der Waals surface area contributed by atoms with Gasteiger partial charge in [-0.1, -0.05) is 6.07 Å². The third-order valence-electron chi connectivity index (χ3n) is 3.65. The molecule has 1 fully saturated rings. The molecule has 0 saturated carbocycles. The van der Waals surface area contributed by atoms with Gasteiger partial charge < -0.3 is 15.0 Å². The highest BCUT2D eigenvalue weighted by molar-refractivity contribution is 5.98. The summed E-state index contributed by atoms with van der Waals surface area (Å²) in [5.74, 6) is -0.159. The van der Waals surface area contributed by atoms with Crippen molar-refractivity contribution in [1.29, 1.82) is 0 Å². The van der Waals surface area contributed by atoms with E-state index in [-0.39, 0.29) is 17.9 Å². The molecule has 1 aliphatic rings.